The van der Waals surface area contributed by atoms with Crippen LogP contribution in [0.4, 0.5) is 5.69 Å². The molecule has 0 aromatic heterocycles. The van der Waals surface area contributed by atoms with Crippen molar-refractivity contribution in [1.82, 2.24) is 0 Å². The summed E-state index contributed by atoms with van der Waals surface area (Å²) in [6.07, 6.45) is 6.06. The van der Waals surface area contributed by atoms with Crippen molar-refractivity contribution in [2.45, 2.75) is 12.8 Å². The first kappa shape index (κ1) is 14.2. The molecule has 4 atom stereocenters. The van der Waals surface area contributed by atoms with Gasteiger partial charge in [-0.2, -0.15) is 0 Å². The third-order valence-electron chi connectivity index (χ3n) is 5.31. The Bertz CT molecular complexity index is 706. The fraction of sp³-hybridized carbons (Fsp3) is 0.389. The van der Waals surface area contributed by atoms with Gasteiger partial charge in [-0.05, 0) is 36.8 Å². The molecule has 5 rings (SSSR count). The van der Waals surface area contributed by atoms with Crippen molar-refractivity contribution in [3.05, 3.63) is 42.0 Å². The van der Waals surface area contributed by atoms with Crippen molar-refractivity contribution in [3.8, 4) is 0 Å². The Labute approximate surface area is 133 Å². The van der Waals surface area contributed by atoms with Gasteiger partial charge in [-0.1, -0.05) is 24.3 Å². The van der Waals surface area contributed by atoms with Gasteiger partial charge in [0.15, 0.2) is 0 Å². The minimum atomic E-state index is -0.544. The predicted octanol–water partition coefficient (Wildman–Crippen LogP) is 2.17. The molecule has 2 bridgehead atoms. The summed E-state index contributed by atoms with van der Waals surface area (Å²) < 4.78 is 4.78. The monoisotopic (exact) mass is 311 g/mol. The number of esters is 1. The average molecular weight is 311 g/mol. The maximum atomic E-state index is 12.9. The predicted molar refractivity (Wildman–Crippen MR) is 82.6 cm³/mol. The number of rotatable bonds is 2. The summed E-state index contributed by atoms with van der Waals surface area (Å²) in [7, 11) is 1.29. The largest absolute Gasteiger partial charge is 0.465 e. The minimum absolute atomic E-state index is 0.136. The van der Waals surface area contributed by atoms with Crippen molar-refractivity contribution in [3.63, 3.8) is 0 Å². The molecule has 1 saturated heterocycles. The van der Waals surface area contributed by atoms with Crippen LogP contribution in [0, 0.1) is 23.7 Å². The van der Waals surface area contributed by atoms with E-state index in [-0.39, 0.29) is 41.0 Å². The van der Waals surface area contributed by atoms with Crippen LogP contribution < -0.4 is 4.90 Å². The number of para-hydroxylation sites is 1. The second-order valence-corrected chi connectivity index (χ2v) is 6.36. The van der Waals surface area contributed by atoms with Gasteiger partial charge in [0.2, 0.25) is 11.8 Å². The first-order valence-corrected chi connectivity index (χ1v) is 7.87. The molecule has 5 nitrogen and oxygen atoms in total. The molecule has 0 spiro atoms. The Kier molecular flexibility index (Phi) is 3.11. The van der Waals surface area contributed by atoms with Gasteiger partial charge in [0.1, 0.15) is 0 Å². The highest BCUT2D eigenvalue weighted by Crippen LogP contribution is 2.50. The Hall–Kier alpha value is -2.43. The van der Waals surface area contributed by atoms with Gasteiger partial charge in [-0.3, -0.25) is 9.59 Å². The fourth-order valence-corrected chi connectivity index (χ4v) is 4.26. The van der Waals surface area contributed by atoms with Crippen LogP contribution >= 0.6 is 0 Å². The maximum absolute atomic E-state index is 12.9. The van der Waals surface area contributed by atoms with Crippen molar-refractivity contribution in [2.75, 3.05) is 12.0 Å². The molecular formula is C18H17NO4. The Morgan fingerprint density at radius 3 is 2.13 bits per heavy atom. The van der Waals surface area contributed by atoms with E-state index in [0.29, 0.717) is 5.69 Å². The number of fused-ring (bicyclic) bond motifs is 1. The summed E-state index contributed by atoms with van der Waals surface area (Å²) in [4.78, 5) is 39.0. The number of amides is 2. The van der Waals surface area contributed by atoms with E-state index in [2.05, 4.69) is 12.2 Å². The average Bonchev–Trinajstić information content (AvgIpc) is 2.88. The molecule has 1 aliphatic heterocycles. The van der Waals surface area contributed by atoms with Crippen LogP contribution in [0.1, 0.15) is 23.2 Å². The fourth-order valence-electron chi connectivity index (χ4n) is 4.26. The summed E-state index contributed by atoms with van der Waals surface area (Å²) >= 11 is 0. The molecule has 0 unspecified atom stereocenters. The molecule has 1 heterocycles. The van der Waals surface area contributed by atoms with Gasteiger partial charge in [0.05, 0.1) is 30.2 Å². The summed E-state index contributed by atoms with van der Waals surface area (Å²) in [5.41, 5.74) is 0.582. The molecule has 2 fully saturated rings. The standard InChI is InChI=1S/C18H17NO4/c1-23-18(22)12-4-2-3-5-13(12)19-16(20)14-10-6-7-11(9-8-10)15(14)17(19)21/h2-7,10-11,14-15H,8-9H2,1H3/t10-,11-,14-,15-/m0/s1. The van der Waals surface area contributed by atoms with Crippen LogP contribution in [0.15, 0.2) is 36.4 Å². The van der Waals surface area contributed by atoms with Crippen LogP contribution in [0.25, 0.3) is 0 Å². The molecule has 1 aromatic rings. The summed E-state index contributed by atoms with van der Waals surface area (Å²) in [6.45, 7) is 0. The number of imide groups is 1. The zero-order valence-electron chi connectivity index (χ0n) is 12.8. The number of allylic oxidation sites excluding steroid dienone is 2. The van der Waals surface area contributed by atoms with Crippen molar-refractivity contribution >= 4 is 23.5 Å². The van der Waals surface area contributed by atoms with Crippen LogP contribution in [-0.2, 0) is 14.3 Å². The molecule has 2 amide bonds. The highest BCUT2D eigenvalue weighted by Gasteiger charge is 2.57. The van der Waals surface area contributed by atoms with E-state index in [1.54, 1.807) is 24.3 Å². The molecule has 3 aliphatic carbocycles. The first-order valence-electron chi connectivity index (χ1n) is 7.87. The van der Waals surface area contributed by atoms with E-state index >= 15 is 0 Å². The van der Waals surface area contributed by atoms with Crippen LogP contribution in [0.5, 0.6) is 0 Å². The summed E-state index contributed by atoms with van der Waals surface area (Å²) in [5.74, 6) is -1.20. The molecule has 0 N–H and O–H groups in total. The van der Waals surface area contributed by atoms with E-state index in [4.69, 9.17) is 4.74 Å². The van der Waals surface area contributed by atoms with Crippen LogP contribution in [0.2, 0.25) is 0 Å². The molecule has 0 radical (unpaired) electrons. The quantitative estimate of drug-likeness (QED) is 0.477. The Balaban J connectivity index is 1.79. The number of carbonyl (C=O) groups excluding carboxylic acids is 3. The maximum Gasteiger partial charge on any atom is 0.339 e. The number of nitrogens with zero attached hydrogens (tertiary/aromatic N) is 1. The number of methoxy groups -OCH3 is 1. The topological polar surface area (TPSA) is 63.7 Å². The normalized spacial score (nSPS) is 31.4. The smallest absolute Gasteiger partial charge is 0.339 e. The second-order valence-electron chi connectivity index (χ2n) is 6.36. The number of anilines is 1. The van der Waals surface area contributed by atoms with Gasteiger partial charge in [0, 0.05) is 0 Å². The lowest BCUT2D eigenvalue weighted by Crippen LogP contribution is -2.38. The Morgan fingerprint density at radius 1 is 1.04 bits per heavy atom. The molecule has 118 valence electrons. The number of ether oxygens (including phenoxy) is 1. The van der Waals surface area contributed by atoms with Crippen molar-refractivity contribution in [1.29, 1.82) is 0 Å². The third kappa shape index (κ3) is 1.89. The van der Waals surface area contributed by atoms with Crippen molar-refractivity contribution < 1.29 is 19.1 Å². The molecule has 4 aliphatic rings. The van der Waals surface area contributed by atoms with E-state index in [9.17, 15) is 14.4 Å². The van der Waals surface area contributed by atoms with E-state index < -0.39 is 5.97 Å². The van der Waals surface area contributed by atoms with Gasteiger partial charge < -0.3 is 4.74 Å². The van der Waals surface area contributed by atoms with E-state index in [0.717, 1.165) is 12.8 Å². The van der Waals surface area contributed by atoms with Gasteiger partial charge in [-0.25, -0.2) is 9.69 Å². The number of benzene rings is 1. The SMILES string of the molecule is COC(=O)c1ccccc1N1C(=O)[C@@H]2[C@@H](C1=O)[C@H]1C=C[C@H]2CC1. The van der Waals surface area contributed by atoms with E-state index in [1.807, 2.05) is 0 Å². The number of hydrogen-bond acceptors (Lipinski definition) is 4. The number of hydrogen-bond donors (Lipinski definition) is 0. The summed E-state index contributed by atoms with van der Waals surface area (Å²) in [6, 6.07) is 6.63. The van der Waals surface area contributed by atoms with Gasteiger partial charge in [0.25, 0.3) is 0 Å². The number of carbonyl (C=O) groups is 3. The van der Waals surface area contributed by atoms with Crippen LogP contribution in [-0.4, -0.2) is 24.9 Å². The lowest BCUT2D eigenvalue weighted by Gasteiger charge is -2.38. The van der Waals surface area contributed by atoms with E-state index in [1.165, 1.54) is 12.0 Å². The zero-order chi connectivity index (χ0) is 16.1. The Morgan fingerprint density at radius 2 is 1.61 bits per heavy atom. The highest BCUT2D eigenvalue weighted by atomic mass is 16.5. The molecule has 1 aromatic carbocycles. The minimum Gasteiger partial charge on any atom is -0.465 e. The first-order chi connectivity index (χ1) is 11.1. The lowest BCUT2D eigenvalue weighted by atomic mass is 9.63. The second kappa shape index (κ2) is 5.05. The molecule has 1 saturated carbocycles. The third-order valence-corrected chi connectivity index (χ3v) is 5.31. The van der Waals surface area contributed by atoms with Gasteiger partial charge >= 0.3 is 5.97 Å². The molecular weight excluding hydrogens is 294 g/mol. The summed E-state index contributed by atoms with van der Waals surface area (Å²) in [5, 5.41) is 0. The zero-order valence-corrected chi connectivity index (χ0v) is 12.8. The molecule has 23 heavy (non-hydrogen) atoms. The lowest BCUT2D eigenvalue weighted by molar-refractivity contribution is -0.124. The highest BCUT2D eigenvalue weighted by molar-refractivity contribution is 6.24. The van der Waals surface area contributed by atoms with Gasteiger partial charge in [-0.15, -0.1) is 0 Å². The van der Waals surface area contributed by atoms with Crippen LogP contribution in [0.3, 0.4) is 0 Å². The van der Waals surface area contributed by atoms with Crippen molar-refractivity contribution in [2.24, 2.45) is 23.7 Å². The molecule has 5 heteroatoms.